The minimum atomic E-state index is 0.226. The summed E-state index contributed by atoms with van der Waals surface area (Å²) >= 11 is 0. The molecule has 1 fully saturated rings. The van der Waals surface area contributed by atoms with Crippen molar-refractivity contribution in [2.45, 2.75) is 39.0 Å². The van der Waals surface area contributed by atoms with Gasteiger partial charge in [0.1, 0.15) is 0 Å². The van der Waals surface area contributed by atoms with E-state index < -0.39 is 0 Å². The van der Waals surface area contributed by atoms with E-state index in [0.29, 0.717) is 0 Å². The van der Waals surface area contributed by atoms with Crippen LogP contribution in [0.25, 0.3) is 0 Å². The van der Waals surface area contributed by atoms with Gasteiger partial charge in [-0.25, -0.2) is 0 Å². The summed E-state index contributed by atoms with van der Waals surface area (Å²) in [6, 6.07) is 0. The molecule has 2 rings (SSSR count). The molecular formula is C11H21N5. The third-order valence-electron chi connectivity index (χ3n) is 3.90. The quantitative estimate of drug-likeness (QED) is 0.823. The van der Waals surface area contributed by atoms with Crippen molar-refractivity contribution in [3.05, 3.63) is 5.82 Å². The molecule has 0 saturated heterocycles. The Bertz CT molecular complexity index is 348. The summed E-state index contributed by atoms with van der Waals surface area (Å²) in [6.07, 6.45) is 5.87. The van der Waals surface area contributed by atoms with Crippen LogP contribution in [0.2, 0.25) is 0 Å². The number of nitrogens with two attached hydrogens (primary N) is 1. The van der Waals surface area contributed by atoms with E-state index in [4.69, 9.17) is 5.73 Å². The Morgan fingerprint density at radius 2 is 2.38 bits per heavy atom. The van der Waals surface area contributed by atoms with Crippen molar-refractivity contribution in [3.8, 4) is 0 Å². The van der Waals surface area contributed by atoms with Gasteiger partial charge in [-0.15, -0.1) is 10.2 Å². The molecule has 1 heterocycles. The average Bonchev–Trinajstić information content (AvgIpc) is 2.87. The number of nitrogens with zero attached hydrogens (tertiary/aromatic N) is 4. The highest BCUT2D eigenvalue weighted by atomic mass is 15.6. The lowest BCUT2D eigenvalue weighted by atomic mass is 9.81. The summed E-state index contributed by atoms with van der Waals surface area (Å²) in [7, 11) is 1.80. The zero-order valence-corrected chi connectivity index (χ0v) is 10.2. The van der Waals surface area contributed by atoms with Crippen molar-refractivity contribution in [3.63, 3.8) is 0 Å². The van der Waals surface area contributed by atoms with Crippen molar-refractivity contribution in [1.82, 2.24) is 20.2 Å². The molecular weight excluding hydrogens is 202 g/mol. The van der Waals surface area contributed by atoms with Crippen LogP contribution in [0, 0.1) is 11.3 Å². The standard InChI is InChI=1S/C11H21N5/c1-3-9-4-5-11(6-9,8-12)7-10-13-15-16(2)14-10/h9H,3-8,12H2,1-2H3. The van der Waals surface area contributed by atoms with Crippen LogP contribution in [0.1, 0.15) is 38.4 Å². The average molecular weight is 223 g/mol. The van der Waals surface area contributed by atoms with Crippen LogP contribution < -0.4 is 5.73 Å². The maximum Gasteiger partial charge on any atom is 0.175 e. The number of hydrogen-bond acceptors (Lipinski definition) is 4. The summed E-state index contributed by atoms with van der Waals surface area (Å²) in [5.74, 6) is 1.67. The molecule has 2 atom stereocenters. The van der Waals surface area contributed by atoms with E-state index in [9.17, 15) is 0 Å². The molecule has 0 aromatic carbocycles. The number of aryl methyl sites for hydroxylation is 1. The lowest BCUT2D eigenvalue weighted by Gasteiger charge is -2.26. The molecule has 0 spiro atoms. The molecule has 2 unspecified atom stereocenters. The molecule has 1 aromatic rings. The summed E-state index contributed by atoms with van der Waals surface area (Å²) in [4.78, 5) is 1.52. The van der Waals surface area contributed by atoms with Crippen molar-refractivity contribution in [1.29, 1.82) is 0 Å². The Morgan fingerprint density at radius 3 is 2.88 bits per heavy atom. The second-order valence-electron chi connectivity index (χ2n) is 5.09. The first-order valence-electron chi connectivity index (χ1n) is 6.10. The largest absolute Gasteiger partial charge is 0.330 e. The van der Waals surface area contributed by atoms with Gasteiger partial charge in [0.05, 0.1) is 7.05 Å². The second kappa shape index (κ2) is 4.49. The molecule has 0 amide bonds. The number of rotatable bonds is 4. The molecule has 2 N–H and O–H groups in total. The van der Waals surface area contributed by atoms with Crippen LogP contribution >= 0.6 is 0 Å². The van der Waals surface area contributed by atoms with E-state index in [1.807, 2.05) is 0 Å². The fraction of sp³-hybridized carbons (Fsp3) is 0.909. The van der Waals surface area contributed by atoms with Gasteiger partial charge >= 0.3 is 0 Å². The zero-order valence-electron chi connectivity index (χ0n) is 10.2. The van der Waals surface area contributed by atoms with Gasteiger partial charge in [-0.3, -0.25) is 0 Å². The smallest absolute Gasteiger partial charge is 0.175 e. The Kier molecular flexibility index (Phi) is 3.23. The summed E-state index contributed by atoms with van der Waals surface area (Å²) in [5.41, 5.74) is 6.18. The van der Waals surface area contributed by atoms with Crippen molar-refractivity contribution in [2.24, 2.45) is 24.1 Å². The molecule has 5 nitrogen and oxygen atoms in total. The number of aromatic nitrogens is 4. The highest BCUT2D eigenvalue weighted by Gasteiger charge is 2.38. The van der Waals surface area contributed by atoms with Gasteiger partial charge < -0.3 is 5.73 Å². The van der Waals surface area contributed by atoms with Gasteiger partial charge in [0, 0.05) is 6.42 Å². The highest BCUT2D eigenvalue weighted by Crippen LogP contribution is 2.44. The van der Waals surface area contributed by atoms with Crippen LogP contribution in [0.3, 0.4) is 0 Å². The first-order chi connectivity index (χ1) is 7.67. The third-order valence-corrected chi connectivity index (χ3v) is 3.90. The van der Waals surface area contributed by atoms with Gasteiger partial charge in [-0.2, -0.15) is 4.80 Å². The van der Waals surface area contributed by atoms with E-state index in [0.717, 1.165) is 24.7 Å². The topological polar surface area (TPSA) is 69.6 Å². The van der Waals surface area contributed by atoms with Crippen molar-refractivity contribution >= 4 is 0 Å². The molecule has 0 radical (unpaired) electrons. The fourth-order valence-electron chi connectivity index (χ4n) is 2.82. The lowest BCUT2D eigenvalue weighted by molar-refractivity contribution is 0.284. The first-order valence-corrected chi connectivity index (χ1v) is 6.10. The predicted molar refractivity (Wildman–Crippen MR) is 61.6 cm³/mol. The first kappa shape index (κ1) is 11.5. The van der Waals surface area contributed by atoms with E-state index in [1.54, 1.807) is 7.05 Å². The number of tetrazole rings is 1. The molecule has 1 aliphatic rings. The minimum Gasteiger partial charge on any atom is -0.330 e. The Morgan fingerprint density at radius 1 is 1.56 bits per heavy atom. The van der Waals surface area contributed by atoms with Crippen LogP contribution in [0.15, 0.2) is 0 Å². The lowest BCUT2D eigenvalue weighted by Crippen LogP contribution is -2.30. The maximum atomic E-state index is 5.96. The van der Waals surface area contributed by atoms with Crippen LogP contribution in [0.4, 0.5) is 0 Å². The highest BCUT2D eigenvalue weighted by molar-refractivity contribution is 4.96. The molecule has 1 aromatic heterocycles. The van der Waals surface area contributed by atoms with E-state index >= 15 is 0 Å². The molecule has 90 valence electrons. The molecule has 1 saturated carbocycles. The monoisotopic (exact) mass is 223 g/mol. The SMILES string of the molecule is CCC1CCC(CN)(Cc2nnn(C)n2)C1. The van der Waals surface area contributed by atoms with Crippen LogP contribution in [-0.4, -0.2) is 26.8 Å². The zero-order chi connectivity index (χ0) is 11.6. The molecule has 1 aliphatic carbocycles. The number of hydrogen-bond donors (Lipinski definition) is 1. The molecule has 0 bridgehead atoms. The van der Waals surface area contributed by atoms with Crippen molar-refractivity contribution < 1.29 is 0 Å². The summed E-state index contributed by atoms with van der Waals surface area (Å²) < 4.78 is 0. The van der Waals surface area contributed by atoms with E-state index in [2.05, 4.69) is 22.3 Å². The van der Waals surface area contributed by atoms with Crippen molar-refractivity contribution in [2.75, 3.05) is 6.54 Å². The maximum absolute atomic E-state index is 5.96. The van der Waals surface area contributed by atoms with E-state index in [-0.39, 0.29) is 5.41 Å². The molecule has 5 heteroatoms. The Hall–Kier alpha value is -0.970. The fourth-order valence-corrected chi connectivity index (χ4v) is 2.82. The summed E-state index contributed by atoms with van der Waals surface area (Å²) in [5, 5.41) is 12.2. The van der Waals surface area contributed by atoms with Gasteiger partial charge in [-0.05, 0) is 42.4 Å². The molecule has 16 heavy (non-hydrogen) atoms. The van der Waals surface area contributed by atoms with Gasteiger partial charge in [-0.1, -0.05) is 13.3 Å². The Balaban J connectivity index is 2.06. The third kappa shape index (κ3) is 2.24. The van der Waals surface area contributed by atoms with Gasteiger partial charge in [0.15, 0.2) is 5.82 Å². The second-order valence-corrected chi connectivity index (χ2v) is 5.09. The van der Waals surface area contributed by atoms with Crippen LogP contribution in [-0.2, 0) is 13.5 Å². The minimum absolute atomic E-state index is 0.226. The normalized spacial score (nSPS) is 29.8. The van der Waals surface area contributed by atoms with Gasteiger partial charge in [0.2, 0.25) is 0 Å². The van der Waals surface area contributed by atoms with E-state index in [1.165, 1.54) is 30.5 Å². The molecule has 0 aliphatic heterocycles. The Labute approximate surface area is 96.4 Å². The van der Waals surface area contributed by atoms with Crippen LogP contribution in [0.5, 0.6) is 0 Å². The van der Waals surface area contributed by atoms with Gasteiger partial charge in [0.25, 0.3) is 0 Å². The predicted octanol–water partition coefficient (Wildman–Crippen LogP) is 0.908. The summed E-state index contributed by atoms with van der Waals surface area (Å²) in [6.45, 7) is 3.00.